The van der Waals surface area contributed by atoms with Crippen LogP contribution in [-0.4, -0.2) is 23.7 Å². The van der Waals surface area contributed by atoms with E-state index in [1.807, 2.05) is 13.8 Å². The summed E-state index contributed by atoms with van der Waals surface area (Å²) in [5.41, 5.74) is -0.0356. The predicted molar refractivity (Wildman–Crippen MR) is 67.3 cm³/mol. The molecule has 17 heavy (non-hydrogen) atoms. The van der Waals surface area contributed by atoms with Crippen molar-refractivity contribution in [2.75, 3.05) is 6.61 Å². The monoisotopic (exact) mass is 303 g/mol. The van der Waals surface area contributed by atoms with E-state index >= 15 is 0 Å². The van der Waals surface area contributed by atoms with Gasteiger partial charge in [0.1, 0.15) is 5.82 Å². The minimum Gasteiger partial charge on any atom is -0.394 e. The summed E-state index contributed by atoms with van der Waals surface area (Å²) in [7, 11) is 0. The molecule has 0 saturated carbocycles. The van der Waals surface area contributed by atoms with Crippen LogP contribution in [-0.2, 0) is 0 Å². The average molecular weight is 304 g/mol. The molecule has 1 aromatic rings. The molecule has 3 nitrogen and oxygen atoms in total. The fourth-order valence-corrected chi connectivity index (χ4v) is 1.90. The molecule has 0 unspecified atom stereocenters. The molecule has 94 valence electrons. The lowest BCUT2D eigenvalue weighted by Crippen LogP contribution is -2.41. The van der Waals surface area contributed by atoms with Crippen LogP contribution in [0.1, 0.15) is 24.2 Å². The lowest BCUT2D eigenvalue weighted by Gasteiger charge is -2.20. The van der Waals surface area contributed by atoms with Crippen molar-refractivity contribution in [3.63, 3.8) is 0 Å². The zero-order valence-corrected chi connectivity index (χ0v) is 11.3. The van der Waals surface area contributed by atoms with Crippen LogP contribution in [0.2, 0.25) is 0 Å². The second-order valence-corrected chi connectivity index (χ2v) is 4.96. The molecule has 0 fully saturated rings. The van der Waals surface area contributed by atoms with Crippen molar-refractivity contribution in [2.24, 2.45) is 5.92 Å². The fraction of sp³-hybridized carbons (Fsp3) is 0.417. The van der Waals surface area contributed by atoms with E-state index in [4.69, 9.17) is 5.11 Å². The number of amides is 1. The first-order valence-electron chi connectivity index (χ1n) is 5.33. The molecule has 1 atom stereocenters. The zero-order valence-electron chi connectivity index (χ0n) is 9.71. The van der Waals surface area contributed by atoms with Crippen LogP contribution in [0, 0.1) is 11.7 Å². The van der Waals surface area contributed by atoms with E-state index in [1.54, 1.807) is 6.07 Å². The smallest absolute Gasteiger partial charge is 0.255 e. The Kier molecular flexibility index (Phi) is 5.08. The van der Waals surface area contributed by atoms with Crippen LogP contribution >= 0.6 is 15.9 Å². The molecule has 1 rings (SSSR count). The van der Waals surface area contributed by atoms with Crippen LogP contribution < -0.4 is 5.32 Å². The Morgan fingerprint density at radius 3 is 2.65 bits per heavy atom. The number of carbonyl (C=O) groups is 1. The number of hydrogen-bond acceptors (Lipinski definition) is 2. The lowest BCUT2D eigenvalue weighted by atomic mass is 10.0. The lowest BCUT2D eigenvalue weighted by molar-refractivity contribution is 0.0892. The minimum atomic E-state index is -0.586. The SMILES string of the molecule is CC(C)[C@@H](CO)NC(=O)c1c(F)cccc1Br. The predicted octanol–water partition coefficient (Wildman–Crippen LogP) is 2.33. The Balaban J connectivity index is 2.90. The van der Waals surface area contributed by atoms with E-state index in [0.717, 1.165) is 0 Å². The molecule has 0 heterocycles. The van der Waals surface area contributed by atoms with Crippen LogP contribution in [0.3, 0.4) is 0 Å². The van der Waals surface area contributed by atoms with Crippen molar-refractivity contribution in [3.05, 3.63) is 34.1 Å². The molecule has 0 aromatic heterocycles. The summed E-state index contributed by atoms with van der Waals surface area (Å²) >= 11 is 3.13. The Bertz CT molecular complexity index is 389. The van der Waals surface area contributed by atoms with Gasteiger partial charge in [0.05, 0.1) is 18.2 Å². The van der Waals surface area contributed by atoms with Crippen molar-refractivity contribution in [3.8, 4) is 0 Å². The first-order valence-corrected chi connectivity index (χ1v) is 6.12. The van der Waals surface area contributed by atoms with E-state index in [1.165, 1.54) is 12.1 Å². The van der Waals surface area contributed by atoms with Gasteiger partial charge in [-0.1, -0.05) is 19.9 Å². The molecule has 0 aliphatic heterocycles. The van der Waals surface area contributed by atoms with Crippen LogP contribution in [0.25, 0.3) is 0 Å². The van der Waals surface area contributed by atoms with Gasteiger partial charge in [0.25, 0.3) is 5.91 Å². The highest BCUT2D eigenvalue weighted by molar-refractivity contribution is 9.10. The van der Waals surface area contributed by atoms with Crippen molar-refractivity contribution >= 4 is 21.8 Å². The number of carbonyl (C=O) groups excluding carboxylic acids is 1. The highest BCUT2D eigenvalue weighted by atomic mass is 79.9. The van der Waals surface area contributed by atoms with Crippen molar-refractivity contribution in [1.29, 1.82) is 0 Å². The van der Waals surface area contributed by atoms with E-state index in [-0.39, 0.29) is 24.1 Å². The molecule has 2 N–H and O–H groups in total. The van der Waals surface area contributed by atoms with Crippen molar-refractivity contribution in [1.82, 2.24) is 5.32 Å². The molecular formula is C12H15BrFNO2. The largest absolute Gasteiger partial charge is 0.394 e. The van der Waals surface area contributed by atoms with Gasteiger partial charge in [-0.2, -0.15) is 0 Å². The van der Waals surface area contributed by atoms with Gasteiger partial charge in [0, 0.05) is 4.47 Å². The van der Waals surface area contributed by atoms with Crippen LogP contribution in [0.5, 0.6) is 0 Å². The van der Waals surface area contributed by atoms with Gasteiger partial charge >= 0.3 is 0 Å². The first kappa shape index (κ1) is 14.1. The molecule has 1 amide bonds. The number of hydrogen-bond donors (Lipinski definition) is 2. The number of aliphatic hydroxyl groups is 1. The highest BCUT2D eigenvalue weighted by Crippen LogP contribution is 2.19. The molecular weight excluding hydrogens is 289 g/mol. The fourth-order valence-electron chi connectivity index (χ4n) is 1.38. The number of aliphatic hydroxyl groups excluding tert-OH is 1. The Morgan fingerprint density at radius 1 is 1.53 bits per heavy atom. The maximum absolute atomic E-state index is 13.5. The third-order valence-corrected chi connectivity index (χ3v) is 3.17. The maximum Gasteiger partial charge on any atom is 0.255 e. The summed E-state index contributed by atoms with van der Waals surface area (Å²) in [5, 5.41) is 11.7. The van der Waals surface area contributed by atoms with Gasteiger partial charge in [-0.3, -0.25) is 4.79 Å². The molecule has 0 aliphatic carbocycles. The third kappa shape index (κ3) is 3.51. The summed E-state index contributed by atoms with van der Waals surface area (Å²) in [6.07, 6.45) is 0. The van der Waals surface area contributed by atoms with Crippen LogP contribution in [0.15, 0.2) is 22.7 Å². The van der Waals surface area contributed by atoms with Gasteiger partial charge in [-0.15, -0.1) is 0 Å². The minimum absolute atomic E-state index is 0.0356. The highest BCUT2D eigenvalue weighted by Gasteiger charge is 2.20. The summed E-state index contributed by atoms with van der Waals surface area (Å²) < 4.78 is 13.9. The Labute approximate surface area is 108 Å². The second kappa shape index (κ2) is 6.12. The summed E-state index contributed by atoms with van der Waals surface area (Å²) in [6.45, 7) is 3.57. The number of benzene rings is 1. The zero-order chi connectivity index (χ0) is 13.0. The Hall–Kier alpha value is -0.940. The molecule has 1 aromatic carbocycles. The summed E-state index contributed by atoms with van der Waals surface area (Å²) in [4.78, 5) is 11.9. The van der Waals surface area contributed by atoms with E-state index in [9.17, 15) is 9.18 Å². The van der Waals surface area contributed by atoms with Gasteiger partial charge in [0.15, 0.2) is 0 Å². The molecule has 0 saturated heterocycles. The van der Waals surface area contributed by atoms with Gasteiger partial charge in [-0.25, -0.2) is 4.39 Å². The van der Waals surface area contributed by atoms with E-state index in [2.05, 4.69) is 21.2 Å². The van der Waals surface area contributed by atoms with Gasteiger partial charge in [-0.05, 0) is 34.0 Å². The summed E-state index contributed by atoms with van der Waals surface area (Å²) in [6, 6.07) is 3.96. The number of rotatable bonds is 4. The molecule has 0 radical (unpaired) electrons. The number of halogens is 2. The first-order chi connectivity index (χ1) is 7.97. The summed E-state index contributed by atoms with van der Waals surface area (Å²) in [5.74, 6) is -1.03. The van der Waals surface area contributed by atoms with Gasteiger partial charge < -0.3 is 10.4 Å². The molecule has 0 aliphatic rings. The average Bonchev–Trinajstić information content (AvgIpc) is 2.25. The molecule has 5 heteroatoms. The van der Waals surface area contributed by atoms with E-state index < -0.39 is 11.7 Å². The quantitative estimate of drug-likeness (QED) is 0.897. The number of nitrogens with one attached hydrogen (secondary N) is 1. The van der Waals surface area contributed by atoms with Gasteiger partial charge in [0.2, 0.25) is 0 Å². The second-order valence-electron chi connectivity index (χ2n) is 4.10. The molecule has 0 spiro atoms. The third-order valence-electron chi connectivity index (χ3n) is 2.51. The van der Waals surface area contributed by atoms with Crippen molar-refractivity contribution in [2.45, 2.75) is 19.9 Å². The topological polar surface area (TPSA) is 49.3 Å². The maximum atomic E-state index is 13.5. The molecule has 0 bridgehead atoms. The van der Waals surface area contributed by atoms with Crippen LogP contribution in [0.4, 0.5) is 4.39 Å². The Morgan fingerprint density at radius 2 is 2.18 bits per heavy atom. The van der Waals surface area contributed by atoms with E-state index in [0.29, 0.717) is 4.47 Å². The van der Waals surface area contributed by atoms with Crippen molar-refractivity contribution < 1.29 is 14.3 Å². The standard InChI is InChI=1S/C12H15BrFNO2/c1-7(2)10(6-16)15-12(17)11-8(13)4-3-5-9(11)14/h3-5,7,10,16H,6H2,1-2H3,(H,15,17)/t10-/m1/s1. The normalized spacial score (nSPS) is 12.6.